The monoisotopic (exact) mass is 397 g/mol. The quantitative estimate of drug-likeness (QED) is 0.328. The van der Waals surface area contributed by atoms with E-state index in [0.717, 1.165) is 10.5 Å². The highest BCUT2D eigenvalue weighted by molar-refractivity contribution is 9.10. The standard InChI is InChI=1S/C15H9BrClNO5/c16-11-4-1-9(2-5-11)14(19)8-23-15(20)10-3-6-12(17)13(7-10)18(21)22/h1-7H,8H2. The molecule has 118 valence electrons. The predicted molar refractivity (Wildman–Crippen MR) is 86.9 cm³/mol. The van der Waals surface area contributed by atoms with Gasteiger partial charge in [-0.25, -0.2) is 4.79 Å². The summed E-state index contributed by atoms with van der Waals surface area (Å²) in [4.78, 5) is 33.9. The van der Waals surface area contributed by atoms with Crippen LogP contribution in [0.2, 0.25) is 5.02 Å². The second-order valence-corrected chi connectivity index (χ2v) is 5.75. The van der Waals surface area contributed by atoms with Gasteiger partial charge in [-0.2, -0.15) is 0 Å². The van der Waals surface area contributed by atoms with Gasteiger partial charge in [0, 0.05) is 16.1 Å². The van der Waals surface area contributed by atoms with E-state index in [1.54, 1.807) is 24.3 Å². The van der Waals surface area contributed by atoms with Crippen LogP contribution in [0.15, 0.2) is 46.9 Å². The average molecular weight is 399 g/mol. The van der Waals surface area contributed by atoms with Gasteiger partial charge in [-0.15, -0.1) is 0 Å². The summed E-state index contributed by atoms with van der Waals surface area (Å²) in [6.07, 6.45) is 0. The molecule has 2 aromatic rings. The Bertz CT molecular complexity index is 776. The topological polar surface area (TPSA) is 86.5 Å². The van der Waals surface area contributed by atoms with Crippen molar-refractivity contribution < 1.29 is 19.2 Å². The zero-order valence-corrected chi connectivity index (χ0v) is 13.8. The van der Waals surface area contributed by atoms with Gasteiger partial charge >= 0.3 is 5.97 Å². The molecule has 2 rings (SSSR count). The van der Waals surface area contributed by atoms with Crippen molar-refractivity contribution in [3.63, 3.8) is 0 Å². The molecule has 0 saturated heterocycles. The number of carbonyl (C=O) groups excluding carboxylic acids is 2. The summed E-state index contributed by atoms with van der Waals surface area (Å²) in [7, 11) is 0. The number of benzene rings is 2. The average Bonchev–Trinajstić information content (AvgIpc) is 2.53. The third kappa shape index (κ3) is 4.37. The summed E-state index contributed by atoms with van der Waals surface area (Å²) >= 11 is 8.91. The highest BCUT2D eigenvalue weighted by atomic mass is 79.9. The van der Waals surface area contributed by atoms with Crippen LogP contribution in [-0.2, 0) is 4.74 Å². The lowest BCUT2D eigenvalue weighted by atomic mass is 10.1. The van der Waals surface area contributed by atoms with Crippen LogP contribution >= 0.6 is 27.5 Å². The first-order valence-electron chi connectivity index (χ1n) is 6.28. The van der Waals surface area contributed by atoms with E-state index in [4.69, 9.17) is 16.3 Å². The van der Waals surface area contributed by atoms with Gasteiger partial charge in [-0.1, -0.05) is 39.7 Å². The van der Waals surface area contributed by atoms with E-state index < -0.39 is 23.2 Å². The molecular weight excluding hydrogens is 390 g/mol. The van der Waals surface area contributed by atoms with E-state index in [1.165, 1.54) is 12.1 Å². The summed E-state index contributed by atoms with van der Waals surface area (Å²) in [6.45, 7) is -0.461. The van der Waals surface area contributed by atoms with Crippen LogP contribution in [0.5, 0.6) is 0 Å². The third-order valence-electron chi connectivity index (χ3n) is 2.88. The normalized spacial score (nSPS) is 10.2. The summed E-state index contributed by atoms with van der Waals surface area (Å²) in [6, 6.07) is 10.1. The fraction of sp³-hybridized carbons (Fsp3) is 0.0667. The Morgan fingerprint density at radius 1 is 1.13 bits per heavy atom. The minimum absolute atomic E-state index is 0.0512. The molecule has 0 radical (unpaired) electrons. The van der Waals surface area contributed by atoms with Crippen molar-refractivity contribution in [3.8, 4) is 0 Å². The van der Waals surface area contributed by atoms with Gasteiger partial charge in [-0.05, 0) is 24.3 Å². The lowest BCUT2D eigenvalue weighted by Gasteiger charge is -2.05. The molecular formula is C15H9BrClNO5. The van der Waals surface area contributed by atoms with Gasteiger partial charge in [-0.3, -0.25) is 14.9 Å². The first-order chi connectivity index (χ1) is 10.9. The Labute approximate surface area is 144 Å². The van der Waals surface area contributed by atoms with Crippen molar-refractivity contribution in [3.05, 3.63) is 73.2 Å². The van der Waals surface area contributed by atoms with Crippen LogP contribution in [-0.4, -0.2) is 23.3 Å². The number of hydrogen-bond acceptors (Lipinski definition) is 5. The number of nitrogens with zero attached hydrogens (tertiary/aromatic N) is 1. The predicted octanol–water partition coefficient (Wildman–Crippen LogP) is 4.05. The Hall–Kier alpha value is -2.25. The molecule has 0 atom stereocenters. The number of ether oxygens (including phenoxy) is 1. The molecule has 0 fully saturated rings. The first-order valence-corrected chi connectivity index (χ1v) is 7.45. The Morgan fingerprint density at radius 3 is 2.35 bits per heavy atom. The fourth-order valence-corrected chi connectivity index (χ4v) is 2.16. The molecule has 0 N–H and O–H groups in total. The number of rotatable bonds is 5. The lowest BCUT2D eigenvalue weighted by molar-refractivity contribution is -0.384. The Kier molecular flexibility index (Phi) is 5.46. The number of nitro benzene ring substituents is 1. The molecule has 0 aliphatic rings. The van der Waals surface area contributed by atoms with Gasteiger partial charge in [0.25, 0.3) is 5.69 Å². The minimum Gasteiger partial charge on any atom is -0.454 e. The van der Waals surface area contributed by atoms with E-state index in [9.17, 15) is 19.7 Å². The van der Waals surface area contributed by atoms with Crippen LogP contribution in [0, 0.1) is 10.1 Å². The van der Waals surface area contributed by atoms with E-state index in [0.29, 0.717) is 5.56 Å². The number of halogens is 2. The maximum atomic E-state index is 11.9. The lowest BCUT2D eigenvalue weighted by Crippen LogP contribution is -2.14. The molecule has 0 saturated carbocycles. The van der Waals surface area contributed by atoms with Crippen molar-refractivity contribution in [1.29, 1.82) is 0 Å². The summed E-state index contributed by atoms with van der Waals surface area (Å²) in [5.41, 5.74) is -0.0619. The molecule has 0 unspecified atom stereocenters. The van der Waals surface area contributed by atoms with Crippen LogP contribution < -0.4 is 0 Å². The van der Waals surface area contributed by atoms with Gasteiger partial charge in [0.15, 0.2) is 12.4 Å². The first kappa shape index (κ1) is 17.1. The molecule has 0 bridgehead atoms. The molecule has 8 heteroatoms. The number of Topliss-reactive ketones (excluding diaryl/α,β-unsaturated/α-hetero) is 1. The second kappa shape index (κ2) is 7.34. The second-order valence-electron chi connectivity index (χ2n) is 4.43. The SMILES string of the molecule is O=C(COC(=O)c1ccc(Cl)c([N+](=O)[O-])c1)c1ccc(Br)cc1. The van der Waals surface area contributed by atoms with Crippen molar-refractivity contribution in [2.75, 3.05) is 6.61 Å². The molecule has 0 aromatic heterocycles. The van der Waals surface area contributed by atoms with Crippen molar-refractivity contribution in [1.82, 2.24) is 0 Å². The summed E-state index contributed by atoms with van der Waals surface area (Å²) < 4.78 is 5.70. The Balaban J connectivity index is 2.05. The number of hydrogen-bond donors (Lipinski definition) is 0. The zero-order chi connectivity index (χ0) is 17.0. The highest BCUT2D eigenvalue weighted by Gasteiger charge is 2.18. The third-order valence-corrected chi connectivity index (χ3v) is 3.73. The molecule has 6 nitrogen and oxygen atoms in total. The smallest absolute Gasteiger partial charge is 0.338 e. The molecule has 0 heterocycles. The summed E-state index contributed by atoms with van der Waals surface area (Å²) in [5.74, 6) is -1.22. The largest absolute Gasteiger partial charge is 0.454 e. The van der Waals surface area contributed by atoms with Crippen molar-refractivity contribution in [2.45, 2.75) is 0 Å². The van der Waals surface area contributed by atoms with Gasteiger partial charge < -0.3 is 4.74 Å². The van der Waals surface area contributed by atoms with Crippen molar-refractivity contribution in [2.24, 2.45) is 0 Å². The van der Waals surface area contributed by atoms with E-state index in [-0.39, 0.29) is 16.4 Å². The van der Waals surface area contributed by atoms with Crippen LogP contribution in [0.3, 0.4) is 0 Å². The highest BCUT2D eigenvalue weighted by Crippen LogP contribution is 2.25. The van der Waals surface area contributed by atoms with Gasteiger partial charge in [0.1, 0.15) is 5.02 Å². The van der Waals surface area contributed by atoms with Crippen LogP contribution in [0.4, 0.5) is 5.69 Å². The molecule has 23 heavy (non-hydrogen) atoms. The minimum atomic E-state index is -0.838. The zero-order valence-electron chi connectivity index (χ0n) is 11.5. The van der Waals surface area contributed by atoms with Gasteiger partial charge in [0.2, 0.25) is 0 Å². The summed E-state index contributed by atoms with van der Waals surface area (Å²) in [5, 5.41) is 10.7. The maximum Gasteiger partial charge on any atom is 0.338 e. The molecule has 2 aromatic carbocycles. The Morgan fingerprint density at radius 2 is 1.74 bits per heavy atom. The van der Waals surface area contributed by atoms with E-state index in [2.05, 4.69) is 15.9 Å². The molecule has 0 aliphatic carbocycles. The van der Waals surface area contributed by atoms with Crippen LogP contribution in [0.25, 0.3) is 0 Å². The van der Waals surface area contributed by atoms with Crippen molar-refractivity contribution >= 4 is 45.0 Å². The number of nitro groups is 1. The number of ketones is 1. The maximum absolute atomic E-state index is 11.9. The molecule has 0 aliphatic heterocycles. The van der Waals surface area contributed by atoms with Gasteiger partial charge in [0.05, 0.1) is 10.5 Å². The number of carbonyl (C=O) groups is 2. The van der Waals surface area contributed by atoms with E-state index >= 15 is 0 Å². The fourth-order valence-electron chi connectivity index (χ4n) is 1.71. The molecule has 0 spiro atoms. The number of esters is 1. The van der Waals surface area contributed by atoms with Crippen LogP contribution in [0.1, 0.15) is 20.7 Å². The molecule has 0 amide bonds. The van der Waals surface area contributed by atoms with E-state index in [1.807, 2.05) is 0 Å².